The van der Waals surface area contributed by atoms with Crippen molar-refractivity contribution in [2.45, 2.75) is 165 Å². The highest BCUT2D eigenvalue weighted by atomic mass is 16.4. The van der Waals surface area contributed by atoms with Gasteiger partial charge in [0.1, 0.15) is 54.4 Å². The topological polar surface area (TPSA) is 578 Å². The Balaban J connectivity index is 2.46. The van der Waals surface area contributed by atoms with Gasteiger partial charge in [-0.05, 0) is 63.7 Å². The van der Waals surface area contributed by atoms with Crippen molar-refractivity contribution >= 4 is 77.0 Å². The molecule has 83 heavy (non-hydrogen) atoms. The SMILES string of the molecule is CC[C@H](C)[C@H](NC(=O)[C@H](Cc1cnc[nH]1)NC(=O)[C@H](CO)NC(=O)[C@H](CCCN=C(N)N)NC(=O)[C@H](CC(C)C)NC(=O)[C@H](CCCN=C(N)N)NC(=O)[C@@H](N)CO)C(=O)N[C@@H](CC(N)=O)C(=O)N1CCC[C@H]1C(=O)N[C@H](C(=O)O)[C@@H](C)O. The summed E-state index contributed by atoms with van der Waals surface area (Å²) >= 11 is 0. The number of nitrogens with two attached hydrogens (primary N) is 6. The number of carbonyl (C=O) groups is 11. The van der Waals surface area contributed by atoms with E-state index >= 15 is 0 Å². The van der Waals surface area contributed by atoms with Crippen LogP contribution in [-0.2, 0) is 59.2 Å². The zero-order valence-corrected chi connectivity index (χ0v) is 47.3. The van der Waals surface area contributed by atoms with E-state index in [0.29, 0.717) is 5.69 Å². The maximum absolute atomic E-state index is 14.4. The first-order chi connectivity index (χ1) is 39.0. The Hall–Kier alpha value is -8.24. The van der Waals surface area contributed by atoms with Gasteiger partial charge in [-0.25, -0.2) is 9.78 Å². The van der Waals surface area contributed by atoms with Crippen molar-refractivity contribution in [2.75, 3.05) is 32.8 Å². The van der Waals surface area contributed by atoms with Crippen molar-refractivity contribution in [3.63, 3.8) is 0 Å². The highest BCUT2D eigenvalue weighted by molar-refractivity contribution is 5.99. The molecule has 0 aromatic carbocycles. The number of aromatic amines is 1. The van der Waals surface area contributed by atoms with Gasteiger partial charge in [0.25, 0.3) is 0 Å². The number of amides is 10. The first-order valence-corrected chi connectivity index (χ1v) is 27.0. The summed E-state index contributed by atoms with van der Waals surface area (Å²) in [4.78, 5) is 164. The van der Waals surface area contributed by atoms with E-state index in [-0.39, 0.29) is 95.3 Å². The molecule has 2 heterocycles. The van der Waals surface area contributed by atoms with Crippen LogP contribution in [0.5, 0.6) is 0 Å². The molecule has 1 aromatic rings. The van der Waals surface area contributed by atoms with Gasteiger partial charge < -0.3 is 107 Å². The second-order valence-corrected chi connectivity index (χ2v) is 20.4. The van der Waals surface area contributed by atoms with E-state index in [2.05, 4.69) is 62.5 Å². The zero-order valence-electron chi connectivity index (χ0n) is 47.3. The number of carbonyl (C=O) groups excluding carboxylic acids is 10. The minimum atomic E-state index is -1.82. The summed E-state index contributed by atoms with van der Waals surface area (Å²) in [6.45, 7) is 6.07. The van der Waals surface area contributed by atoms with Crippen LogP contribution in [0.3, 0.4) is 0 Å². The number of aromatic nitrogens is 2. The Morgan fingerprint density at radius 1 is 0.675 bits per heavy atom. The Morgan fingerprint density at radius 2 is 1.18 bits per heavy atom. The van der Waals surface area contributed by atoms with Crippen molar-refractivity contribution in [2.24, 2.45) is 56.2 Å². The quantitative estimate of drug-likeness (QED) is 0.0167. The molecule has 10 amide bonds. The number of carboxylic acid groups (broad SMARTS) is 1. The number of nitrogens with one attached hydrogen (secondary N) is 9. The molecule has 0 bridgehead atoms. The standard InChI is InChI=1S/C49H85N19O15/c1-6-24(4)36(45(80)64-32(18-35(51)72)46(81)68-15-9-12-34(68)44(79)67-37(25(5)71)47(82)83)66-42(77)31(17-26-19-56-22-59-26)63-43(78)33(21-70)65-40(75)29(11-8-14-58-49(54)55)61-41(76)30(16-23(2)3)62-39(74)28(10-7-13-57-48(52)53)60-38(73)27(50)20-69/h19,22-25,27-34,36-37,69-71H,6-18,20-21,50H2,1-5H3,(H2,51,72)(H,56,59)(H,60,73)(H,61,76)(H,62,74)(H,63,78)(H,64,80)(H,65,75)(H,66,77)(H,67,79)(H,82,83)(H4,52,53,57)(H4,54,55,58)/t24-,25+,27-,28-,29-,30-,31-,32-,33-,34-,36-,37-/m0/s1. The number of hydrogen-bond donors (Lipinski definition) is 19. The molecule has 0 radical (unpaired) electrons. The predicted octanol–water partition coefficient (Wildman–Crippen LogP) is -8.33. The average molecular weight is 1180 g/mol. The summed E-state index contributed by atoms with van der Waals surface area (Å²) in [6.07, 6.45) is 0.600. The molecular formula is C49H85N19O15. The first kappa shape index (κ1) is 70.9. The van der Waals surface area contributed by atoms with Crippen molar-refractivity contribution in [1.29, 1.82) is 0 Å². The molecule has 1 aliphatic heterocycles. The molecule has 0 spiro atoms. The van der Waals surface area contributed by atoms with Crippen molar-refractivity contribution in [1.82, 2.24) is 57.4 Å². The van der Waals surface area contributed by atoms with Gasteiger partial charge in [0.05, 0.1) is 32.1 Å². The number of nitrogens with zero attached hydrogens (tertiary/aromatic N) is 4. The van der Waals surface area contributed by atoms with Crippen LogP contribution >= 0.6 is 0 Å². The summed E-state index contributed by atoms with van der Waals surface area (Å²) in [5, 5.41) is 59.1. The van der Waals surface area contributed by atoms with Gasteiger partial charge in [-0.2, -0.15) is 0 Å². The maximum Gasteiger partial charge on any atom is 0.328 e. The van der Waals surface area contributed by atoms with Gasteiger partial charge in [0.2, 0.25) is 59.1 Å². The lowest BCUT2D eigenvalue weighted by molar-refractivity contribution is -0.147. The molecule has 2 rings (SSSR count). The van der Waals surface area contributed by atoms with Gasteiger partial charge in [0, 0.05) is 37.9 Å². The third-order valence-corrected chi connectivity index (χ3v) is 13.2. The number of aliphatic hydroxyl groups is 3. The molecule has 34 nitrogen and oxygen atoms in total. The summed E-state index contributed by atoms with van der Waals surface area (Å²) in [6, 6.07) is -15.1. The lowest BCUT2D eigenvalue weighted by Gasteiger charge is -2.31. The number of hydrogen-bond acceptors (Lipinski definition) is 18. The van der Waals surface area contributed by atoms with Crippen molar-refractivity contribution < 1.29 is 73.2 Å². The Kier molecular flexibility index (Phi) is 30.4. The minimum absolute atomic E-state index is 0.00104. The van der Waals surface area contributed by atoms with Crippen LogP contribution in [-0.4, -0.2) is 212 Å². The highest BCUT2D eigenvalue weighted by Crippen LogP contribution is 2.21. The molecule has 1 saturated heterocycles. The molecule has 12 atom stereocenters. The highest BCUT2D eigenvalue weighted by Gasteiger charge is 2.42. The number of likely N-dealkylation sites (tertiary alicyclic amines) is 1. The fourth-order valence-electron chi connectivity index (χ4n) is 8.48. The molecule has 0 unspecified atom stereocenters. The smallest absolute Gasteiger partial charge is 0.328 e. The molecule has 1 aliphatic rings. The van der Waals surface area contributed by atoms with Crippen LogP contribution in [0.4, 0.5) is 0 Å². The lowest BCUT2D eigenvalue weighted by Crippen LogP contribution is -2.62. The third-order valence-electron chi connectivity index (χ3n) is 13.2. The molecule has 0 aliphatic carbocycles. The van der Waals surface area contributed by atoms with E-state index in [1.807, 2.05) is 0 Å². The summed E-state index contributed by atoms with van der Waals surface area (Å²) in [7, 11) is 0. The van der Waals surface area contributed by atoms with E-state index < -0.39 is 157 Å². The molecule has 34 heteroatoms. The minimum Gasteiger partial charge on any atom is -0.480 e. The third kappa shape index (κ3) is 24.4. The summed E-state index contributed by atoms with van der Waals surface area (Å²) in [5.41, 5.74) is 33.3. The molecule has 25 N–H and O–H groups in total. The number of aliphatic imine (C=N–C) groups is 2. The van der Waals surface area contributed by atoms with Gasteiger partial charge in [-0.3, -0.25) is 57.9 Å². The van der Waals surface area contributed by atoms with Crippen molar-refractivity contribution in [3.05, 3.63) is 18.2 Å². The number of imidazole rings is 1. The number of rotatable bonds is 37. The van der Waals surface area contributed by atoms with E-state index in [0.717, 1.165) is 11.8 Å². The number of carboxylic acids is 1. The Morgan fingerprint density at radius 3 is 1.66 bits per heavy atom. The van der Waals surface area contributed by atoms with Crippen LogP contribution in [0.2, 0.25) is 0 Å². The average Bonchev–Trinajstić information content (AvgIpc) is 4.34. The number of aliphatic hydroxyl groups excluding tert-OH is 3. The largest absolute Gasteiger partial charge is 0.480 e. The lowest BCUT2D eigenvalue weighted by atomic mass is 9.96. The Labute approximate surface area is 479 Å². The van der Waals surface area contributed by atoms with Crippen LogP contribution in [0.15, 0.2) is 22.5 Å². The van der Waals surface area contributed by atoms with Crippen LogP contribution < -0.4 is 76.9 Å². The van der Waals surface area contributed by atoms with E-state index in [1.54, 1.807) is 27.7 Å². The second kappa shape index (κ2) is 35.6. The van der Waals surface area contributed by atoms with Crippen LogP contribution in [0.1, 0.15) is 98.1 Å². The summed E-state index contributed by atoms with van der Waals surface area (Å²) < 4.78 is 0. The van der Waals surface area contributed by atoms with Crippen molar-refractivity contribution in [3.8, 4) is 0 Å². The molecule has 466 valence electrons. The number of guanidine groups is 2. The van der Waals surface area contributed by atoms with Crippen LogP contribution in [0.25, 0.3) is 0 Å². The predicted molar refractivity (Wildman–Crippen MR) is 296 cm³/mol. The normalized spacial score (nSPS) is 16.9. The van der Waals surface area contributed by atoms with E-state index in [9.17, 15) is 73.2 Å². The molecule has 1 aromatic heterocycles. The van der Waals surface area contributed by atoms with Crippen LogP contribution in [0, 0.1) is 11.8 Å². The zero-order chi connectivity index (χ0) is 62.7. The van der Waals surface area contributed by atoms with Gasteiger partial charge in [0.15, 0.2) is 18.0 Å². The maximum atomic E-state index is 14.4. The monoisotopic (exact) mass is 1180 g/mol. The van der Waals surface area contributed by atoms with Gasteiger partial charge in [-0.15, -0.1) is 0 Å². The second-order valence-electron chi connectivity index (χ2n) is 20.4. The van der Waals surface area contributed by atoms with Gasteiger partial charge in [-0.1, -0.05) is 34.1 Å². The first-order valence-electron chi connectivity index (χ1n) is 27.0. The number of primary amides is 1. The number of H-pyrrole nitrogens is 1. The van der Waals surface area contributed by atoms with E-state index in [1.165, 1.54) is 12.5 Å². The van der Waals surface area contributed by atoms with E-state index in [4.69, 9.17) is 34.4 Å². The molecule has 1 fully saturated rings. The summed E-state index contributed by atoms with van der Waals surface area (Å²) in [5.74, 6) is -12.6. The molecular weight excluding hydrogens is 1090 g/mol. The fraction of sp³-hybridized carbons (Fsp3) is 0.673. The van der Waals surface area contributed by atoms with Gasteiger partial charge >= 0.3 is 5.97 Å². The Bertz CT molecular complexity index is 2420. The number of aliphatic carboxylic acids is 1. The molecule has 0 saturated carbocycles. The fourth-order valence-corrected chi connectivity index (χ4v) is 8.48.